The van der Waals surface area contributed by atoms with E-state index >= 15 is 0 Å². The first-order valence-corrected chi connectivity index (χ1v) is 9.29. The number of benzene rings is 2. The van der Waals surface area contributed by atoms with E-state index in [9.17, 15) is 4.79 Å². The van der Waals surface area contributed by atoms with E-state index < -0.39 is 0 Å². The molecule has 4 nitrogen and oxygen atoms in total. The highest BCUT2D eigenvalue weighted by Gasteiger charge is 2.26. The van der Waals surface area contributed by atoms with Crippen LogP contribution in [0.3, 0.4) is 0 Å². The Hall–Kier alpha value is -2.59. The van der Waals surface area contributed by atoms with Crippen LogP contribution in [0.15, 0.2) is 54.6 Å². The van der Waals surface area contributed by atoms with E-state index in [0.717, 1.165) is 47.5 Å². The maximum absolute atomic E-state index is 12.7. The van der Waals surface area contributed by atoms with Gasteiger partial charge in [0, 0.05) is 22.8 Å². The van der Waals surface area contributed by atoms with Crippen LogP contribution in [0.4, 0.5) is 0 Å². The lowest BCUT2D eigenvalue weighted by molar-refractivity contribution is 0.0948. The van der Waals surface area contributed by atoms with Crippen molar-refractivity contribution in [1.29, 1.82) is 0 Å². The highest BCUT2D eigenvalue weighted by atomic mass is 35.5. The van der Waals surface area contributed by atoms with Gasteiger partial charge in [0.15, 0.2) is 5.69 Å². The molecule has 0 atom stereocenters. The maximum Gasteiger partial charge on any atom is 0.272 e. The van der Waals surface area contributed by atoms with Gasteiger partial charge in [0.25, 0.3) is 5.91 Å². The van der Waals surface area contributed by atoms with Crippen LogP contribution in [0.25, 0.3) is 5.69 Å². The van der Waals surface area contributed by atoms with Crippen molar-refractivity contribution < 1.29 is 4.79 Å². The van der Waals surface area contributed by atoms with Crippen LogP contribution in [-0.4, -0.2) is 22.2 Å². The van der Waals surface area contributed by atoms with Crippen LogP contribution in [-0.2, 0) is 19.3 Å². The molecule has 1 N–H and O–H groups in total. The summed E-state index contributed by atoms with van der Waals surface area (Å²) in [5.41, 5.74) is 4.98. The molecular weight excluding hydrogens is 346 g/mol. The molecule has 26 heavy (non-hydrogen) atoms. The third-order valence-corrected chi connectivity index (χ3v) is 5.01. The highest BCUT2D eigenvalue weighted by molar-refractivity contribution is 6.30. The molecule has 1 heterocycles. The number of hydrogen-bond donors (Lipinski definition) is 1. The molecule has 1 aromatic heterocycles. The first kappa shape index (κ1) is 16.9. The summed E-state index contributed by atoms with van der Waals surface area (Å²) in [4.78, 5) is 12.7. The van der Waals surface area contributed by atoms with E-state index in [2.05, 4.69) is 10.4 Å². The number of carbonyl (C=O) groups excluding carboxylic acids is 1. The highest BCUT2D eigenvalue weighted by Crippen LogP contribution is 2.27. The van der Waals surface area contributed by atoms with Gasteiger partial charge in [0.2, 0.25) is 0 Å². The maximum atomic E-state index is 12.7. The standard InChI is InChI=1S/C21H20ClN3O/c22-16-11-9-15(10-12-16)13-14-23-21(26)20-18-7-4-8-19(18)25(24-20)17-5-2-1-3-6-17/h1-3,5-6,9-12H,4,7-8,13-14H2,(H,23,26). The largest absolute Gasteiger partial charge is 0.350 e. The van der Waals surface area contributed by atoms with Gasteiger partial charge in [-0.3, -0.25) is 4.79 Å². The Morgan fingerprint density at radius 1 is 1.08 bits per heavy atom. The number of para-hydroxylation sites is 1. The van der Waals surface area contributed by atoms with E-state index in [1.54, 1.807) is 0 Å². The summed E-state index contributed by atoms with van der Waals surface area (Å²) >= 11 is 5.90. The van der Waals surface area contributed by atoms with Crippen LogP contribution < -0.4 is 5.32 Å². The van der Waals surface area contributed by atoms with E-state index in [-0.39, 0.29) is 5.91 Å². The Morgan fingerprint density at radius 2 is 1.85 bits per heavy atom. The lowest BCUT2D eigenvalue weighted by atomic mass is 10.1. The fraction of sp³-hybridized carbons (Fsp3) is 0.238. The summed E-state index contributed by atoms with van der Waals surface area (Å²) in [5, 5.41) is 8.36. The summed E-state index contributed by atoms with van der Waals surface area (Å²) in [6.07, 6.45) is 3.73. The van der Waals surface area contributed by atoms with E-state index in [1.807, 2.05) is 59.3 Å². The van der Waals surface area contributed by atoms with Crippen LogP contribution in [0.2, 0.25) is 5.02 Å². The van der Waals surface area contributed by atoms with Gasteiger partial charge in [-0.05, 0) is 55.5 Å². The number of halogens is 1. The van der Waals surface area contributed by atoms with Crippen LogP contribution >= 0.6 is 11.6 Å². The molecular formula is C21H20ClN3O. The second kappa shape index (κ2) is 7.34. The average molecular weight is 366 g/mol. The van der Waals surface area contributed by atoms with Gasteiger partial charge in [0.05, 0.1) is 5.69 Å². The summed E-state index contributed by atoms with van der Waals surface area (Å²) in [5.74, 6) is -0.0909. The van der Waals surface area contributed by atoms with Gasteiger partial charge in [-0.25, -0.2) is 4.68 Å². The van der Waals surface area contributed by atoms with Crippen molar-refractivity contribution in [2.45, 2.75) is 25.7 Å². The van der Waals surface area contributed by atoms with Crippen molar-refractivity contribution in [3.05, 3.63) is 82.1 Å². The predicted molar refractivity (Wildman–Crippen MR) is 103 cm³/mol. The second-order valence-corrected chi connectivity index (χ2v) is 6.94. The molecule has 0 aliphatic heterocycles. The van der Waals surface area contributed by atoms with Gasteiger partial charge in [-0.2, -0.15) is 5.10 Å². The lowest BCUT2D eigenvalue weighted by Gasteiger charge is -2.06. The van der Waals surface area contributed by atoms with Crippen molar-refractivity contribution in [3.63, 3.8) is 0 Å². The summed E-state index contributed by atoms with van der Waals surface area (Å²) in [6, 6.07) is 17.7. The second-order valence-electron chi connectivity index (χ2n) is 6.51. The molecule has 0 bridgehead atoms. The summed E-state index contributed by atoms with van der Waals surface area (Å²) in [7, 11) is 0. The monoisotopic (exact) mass is 365 g/mol. The molecule has 4 rings (SSSR count). The van der Waals surface area contributed by atoms with E-state index in [4.69, 9.17) is 11.6 Å². The molecule has 2 aromatic carbocycles. The van der Waals surface area contributed by atoms with E-state index in [0.29, 0.717) is 12.2 Å². The molecule has 0 saturated carbocycles. The third-order valence-electron chi connectivity index (χ3n) is 4.76. The fourth-order valence-electron chi connectivity index (χ4n) is 3.46. The number of nitrogens with one attached hydrogen (secondary N) is 1. The zero-order chi connectivity index (χ0) is 17.9. The Balaban J connectivity index is 1.49. The van der Waals surface area contributed by atoms with Crippen LogP contribution in [0.5, 0.6) is 0 Å². The first-order chi connectivity index (χ1) is 12.7. The lowest BCUT2D eigenvalue weighted by Crippen LogP contribution is -2.27. The Morgan fingerprint density at radius 3 is 2.62 bits per heavy atom. The minimum atomic E-state index is -0.0909. The SMILES string of the molecule is O=C(NCCc1ccc(Cl)cc1)c1nn(-c2ccccc2)c2c1CCC2. The Labute approximate surface area is 157 Å². The van der Waals surface area contributed by atoms with Gasteiger partial charge in [-0.1, -0.05) is 41.9 Å². The third kappa shape index (κ3) is 3.37. The topological polar surface area (TPSA) is 46.9 Å². The molecule has 0 spiro atoms. The molecule has 0 saturated heterocycles. The zero-order valence-electron chi connectivity index (χ0n) is 14.4. The molecule has 1 aliphatic rings. The number of nitrogens with zero attached hydrogens (tertiary/aromatic N) is 2. The number of aromatic nitrogens is 2. The van der Waals surface area contributed by atoms with Gasteiger partial charge < -0.3 is 5.32 Å². The zero-order valence-corrected chi connectivity index (χ0v) is 15.2. The van der Waals surface area contributed by atoms with Crippen molar-refractivity contribution >= 4 is 17.5 Å². The number of fused-ring (bicyclic) bond motifs is 1. The molecule has 1 amide bonds. The molecule has 3 aromatic rings. The summed E-state index contributed by atoms with van der Waals surface area (Å²) < 4.78 is 1.93. The Bertz CT molecular complexity index is 916. The van der Waals surface area contributed by atoms with Crippen LogP contribution in [0, 0.1) is 0 Å². The normalized spacial score (nSPS) is 12.8. The van der Waals surface area contributed by atoms with Gasteiger partial charge in [-0.15, -0.1) is 0 Å². The van der Waals surface area contributed by atoms with Gasteiger partial charge >= 0.3 is 0 Å². The molecule has 132 valence electrons. The average Bonchev–Trinajstić information content (AvgIpc) is 3.26. The molecule has 5 heteroatoms. The smallest absolute Gasteiger partial charge is 0.272 e. The number of hydrogen-bond acceptors (Lipinski definition) is 2. The number of amides is 1. The summed E-state index contributed by atoms with van der Waals surface area (Å²) in [6.45, 7) is 0.577. The van der Waals surface area contributed by atoms with E-state index in [1.165, 1.54) is 5.69 Å². The minimum absolute atomic E-state index is 0.0909. The van der Waals surface area contributed by atoms with Crippen LogP contribution in [0.1, 0.15) is 33.7 Å². The number of carbonyl (C=O) groups is 1. The molecule has 0 fully saturated rings. The molecule has 0 unspecified atom stereocenters. The fourth-order valence-corrected chi connectivity index (χ4v) is 3.58. The van der Waals surface area contributed by atoms with Crippen molar-refractivity contribution in [1.82, 2.24) is 15.1 Å². The predicted octanol–water partition coefficient (Wildman–Crippen LogP) is 3.99. The number of rotatable bonds is 5. The van der Waals surface area contributed by atoms with Crippen molar-refractivity contribution in [2.75, 3.05) is 6.54 Å². The Kier molecular flexibility index (Phi) is 4.76. The quantitative estimate of drug-likeness (QED) is 0.743. The van der Waals surface area contributed by atoms with Crippen molar-refractivity contribution in [2.24, 2.45) is 0 Å². The minimum Gasteiger partial charge on any atom is -0.350 e. The van der Waals surface area contributed by atoms with Gasteiger partial charge in [0.1, 0.15) is 0 Å². The molecule has 1 aliphatic carbocycles. The first-order valence-electron chi connectivity index (χ1n) is 8.91. The van der Waals surface area contributed by atoms with Crippen molar-refractivity contribution in [3.8, 4) is 5.69 Å². The molecule has 0 radical (unpaired) electrons.